The third-order valence-electron chi connectivity index (χ3n) is 5.42. The van der Waals surface area contributed by atoms with Crippen molar-refractivity contribution < 1.29 is 14.3 Å². The van der Waals surface area contributed by atoms with Gasteiger partial charge in [0.05, 0.1) is 19.3 Å². The summed E-state index contributed by atoms with van der Waals surface area (Å²) in [4.78, 5) is 12.0. The zero-order valence-electron chi connectivity index (χ0n) is 16.9. The summed E-state index contributed by atoms with van der Waals surface area (Å²) in [7, 11) is 1.71. The maximum Gasteiger partial charge on any atom is 0.180 e. The fourth-order valence-corrected chi connectivity index (χ4v) is 3.85. The number of hydrogen-bond donors (Lipinski definition) is 0. The van der Waals surface area contributed by atoms with E-state index >= 15 is 0 Å². The molecule has 4 rings (SSSR count). The van der Waals surface area contributed by atoms with Gasteiger partial charge in [0.2, 0.25) is 0 Å². The van der Waals surface area contributed by atoms with E-state index in [1.54, 1.807) is 14.0 Å². The Balaban J connectivity index is 1.71. The summed E-state index contributed by atoms with van der Waals surface area (Å²) in [6.45, 7) is 3.80. The van der Waals surface area contributed by atoms with Gasteiger partial charge in [0.15, 0.2) is 5.78 Å². The molecule has 0 N–H and O–H groups in total. The topological polar surface area (TPSA) is 53.3 Å². The number of aromatic nitrogens is 2. The molecule has 5 nitrogen and oxygen atoms in total. The van der Waals surface area contributed by atoms with Gasteiger partial charge in [-0.2, -0.15) is 5.10 Å². The Hall–Kier alpha value is -2.92. The van der Waals surface area contributed by atoms with Crippen LogP contribution in [0.3, 0.4) is 0 Å². The zero-order valence-corrected chi connectivity index (χ0v) is 16.9. The van der Waals surface area contributed by atoms with Crippen LogP contribution < -0.4 is 4.74 Å². The number of rotatable bonds is 7. The summed E-state index contributed by atoms with van der Waals surface area (Å²) in [5, 5.41) is 4.57. The minimum absolute atomic E-state index is 0.0325. The fourth-order valence-electron chi connectivity index (χ4n) is 3.85. The average Bonchev–Trinajstić information content (AvgIpc) is 3.39. The molecule has 0 amide bonds. The van der Waals surface area contributed by atoms with Crippen LogP contribution in [0.15, 0.2) is 54.6 Å². The van der Waals surface area contributed by atoms with Crippen LogP contribution in [0.2, 0.25) is 0 Å². The molecule has 1 fully saturated rings. The number of hydrogen-bond acceptors (Lipinski definition) is 4. The van der Waals surface area contributed by atoms with E-state index in [0.29, 0.717) is 18.2 Å². The molecule has 1 aromatic heterocycles. The molecule has 0 radical (unpaired) electrons. The highest BCUT2D eigenvalue weighted by molar-refractivity contribution is 5.93. The first kappa shape index (κ1) is 19.4. The summed E-state index contributed by atoms with van der Waals surface area (Å²) in [6, 6.07) is 18.3. The molecular formula is C24H26N2O3. The molecule has 0 spiro atoms. The van der Waals surface area contributed by atoms with Crippen molar-refractivity contribution in [3.63, 3.8) is 0 Å². The maximum atomic E-state index is 12.0. The maximum absolute atomic E-state index is 12.0. The van der Waals surface area contributed by atoms with Crippen molar-refractivity contribution in [1.29, 1.82) is 0 Å². The van der Waals surface area contributed by atoms with Gasteiger partial charge in [-0.1, -0.05) is 30.3 Å². The third kappa shape index (κ3) is 4.40. The molecule has 1 atom stereocenters. The number of benzene rings is 2. The van der Waals surface area contributed by atoms with E-state index < -0.39 is 0 Å². The van der Waals surface area contributed by atoms with Crippen molar-refractivity contribution in [2.75, 3.05) is 20.3 Å². The largest absolute Gasteiger partial charge is 0.496 e. The van der Waals surface area contributed by atoms with Gasteiger partial charge < -0.3 is 9.47 Å². The molecule has 0 bridgehead atoms. The van der Waals surface area contributed by atoms with Crippen LogP contribution in [0.4, 0.5) is 0 Å². The van der Waals surface area contributed by atoms with Crippen LogP contribution in [-0.2, 0) is 17.7 Å². The number of methoxy groups -OCH3 is 1. The molecule has 1 aliphatic heterocycles. The molecule has 1 aliphatic rings. The second-order valence-corrected chi connectivity index (χ2v) is 7.57. The number of Topliss-reactive ketones (excluding diaryl/α,β-unsaturated/α-hetero) is 1. The monoisotopic (exact) mass is 390 g/mol. The fraction of sp³-hybridized carbons (Fsp3) is 0.333. The van der Waals surface area contributed by atoms with Crippen LogP contribution in [-0.4, -0.2) is 35.9 Å². The molecule has 0 unspecified atom stereocenters. The Morgan fingerprint density at radius 1 is 1.21 bits per heavy atom. The minimum Gasteiger partial charge on any atom is -0.496 e. The normalized spacial score (nSPS) is 16.1. The van der Waals surface area contributed by atoms with Gasteiger partial charge in [-0.15, -0.1) is 0 Å². The van der Waals surface area contributed by atoms with E-state index in [1.165, 1.54) is 0 Å². The first-order valence-corrected chi connectivity index (χ1v) is 10.0. The van der Waals surface area contributed by atoms with Crippen LogP contribution in [0.25, 0.3) is 11.3 Å². The molecule has 2 aromatic carbocycles. The second kappa shape index (κ2) is 8.62. The number of ether oxygens (including phenoxy) is 2. The van der Waals surface area contributed by atoms with Crippen molar-refractivity contribution in [2.24, 2.45) is 5.92 Å². The summed E-state index contributed by atoms with van der Waals surface area (Å²) in [6.07, 6.45) is 2.00. The number of ketones is 1. The third-order valence-corrected chi connectivity index (χ3v) is 5.42. The highest BCUT2D eigenvalue weighted by Gasteiger charge is 2.20. The lowest BCUT2D eigenvalue weighted by atomic mass is 9.96. The van der Waals surface area contributed by atoms with Crippen molar-refractivity contribution in [3.8, 4) is 17.0 Å². The Kier molecular flexibility index (Phi) is 5.76. The second-order valence-electron chi connectivity index (χ2n) is 7.57. The lowest BCUT2D eigenvalue weighted by molar-refractivity contribution is 0.101. The van der Waals surface area contributed by atoms with Crippen molar-refractivity contribution in [3.05, 3.63) is 71.4 Å². The van der Waals surface area contributed by atoms with E-state index in [2.05, 4.69) is 23.3 Å². The number of carbonyl (C=O) groups excluding carboxylic acids is 1. The first-order chi connectivity index (χ1) is 14.1. The Bertz CT molecular complexity index is 989. The van der Waals surface area contributed by atoms with Gasteiger partial charge in [0.1, 0.15) is 11.4 Å². The molecule has 1 saturated heterocycles. The van der Waals surface area contributed by atoms with Crippen molar-refractivity contribution >= 4 is 5.78 Å². The lowest BCUT2D eigenvalue weighted by Gasteiger charge is -2.14. The molecule has 3 aromatic rings. The Labute approximate surface area is 171 Å². The molecule has 150 valence electrons. The van der Waals surface area contributed by atoms with E-state index in [9.17, 15) is 4.79 Å². The van der Waals surface area contributed by atoms with Gasteiger partial charge >= 0.3 is 0 Å². The Morgan fingerprint density at radius 2 is 2.03 bits per heavy atom. The molecule has 5 heteroatoms. The van der Waals surface area contributed by atoms with Crippen molar-refractivity contribution in [2.45, 2.75) is 26.3 Å². The minimum atomic E-state index is -0.0325. The number of nitrogens with zero attached hydrogens (tertiary/aromatic N) is 2. The number of carbonyl (C=O) groups is 1. The summed E-state index contributed by atoms with van der Waals surface area (Å²) < 4.78 is 13.1. The average molecular weight is 390 g/mol. The van der Waals surface area contributed by atoms with Crippen LogP contribution >= 0.6 is 0 Å². The SMILES string of the molecule is COc1ccc(-c2cc(C(C)=O)nn2Cc2ccccc2)cc1C[C@@H]1CCOC1. The predicted molar refractivity (Wildman–Crippen MR) is 112 cm³/mol. The van der Waals surface area contributed by atoms with Crippen molar-refractivity contribution in [1.82, 2.24) is 9.78 Å². The van der Waals surface area contributed by atoms with E-state index in [0.717, 1.165) is 54.2 Å². The quantitative estimate of drug-likeness (QED) is 0.562. The summed E-state index contributed by atoms with van der Waals surface area (Å²) in [5.74, 6) is 1.37. The highest BCUT2D eigenvalue weighted by atomic mass is 16.5. The van der Waals surface area contributed by atoms with Gasteiger partial charge in [-0.3, -0.25) is 9.48 Å². The molecular weight excluding hydrogens is 364 g/mol. The molecule has 2 heterocycles. The zero-order chi connectivity index (χ0) is 20.2. The Morgan fingerprint density at radius 3 is 2.72 bits per heavy atom. The van der Waals surface area contributed by atoms with Gasteiger partial charge in [-0.05, 0) is 54.2 Å². The van der Waals surface area contributed by atoms with Crippen LogP contribution in [0.1, 0.15) is 35.0 Å². The lowest BCUT2D eigenvalue weighted by Crippen LogP contribution is -2.07. The van der Waals surface area contributed by atoms with Crippen LogP contribution in [0, 0.1) is 5.92 Å². The first-order valence-electron chi connectivity index (χ1n) is 10.0. The van der Waals surface area contributed by atoms with E-state index in [1.807, 2.05) is 41.1 Å². The van der Waals surface area contributed by atoms with Gasteiger partial charge in [0.25, 0.3) is 0 Å². The molecule has 0 aliphatic carbocycles. The standard InChI is InChI=1S/C24H26N2O3/c1-17(27)22-14-23(26(25-22)15-18-6-4-3-5-7-18)20-8-9-24(28-2)21(13-20)12-19-10-11-29-16-19/h3-9,13-14,19H,10-12,15-16H2,1-2H3/t19-/m0/s1. The van der Waals surface area contributed by atoms with E-state index in [-0.39, 0.29) is 5.78 Å². The predicted octanol–water partition coefficient (Wildman–Crippen LogP) is 4.39. The van der Waals surface area contributed by atoms with E-state index in [4.69, 9.17) is 9.47 Å². The highest BCUT2D eigenvalue weighted by Crippen LogP contribution is 2.31. The summed E-state index contributed by atoms with van der Waals surface area (Å²) >= 11 is 0. The summed E-state index contributed by atoms with van der Waals surface area (Å²) in [5.41, 5.74) is 4.76. The molecule has 29 heavy (non-hydrogen) atoms. The van der Waals surface area contributed by atoms with Gasteiger partial charge in [0, 0.05) is 25.7 Å². The van der Waals surface area contributed by atoms with Gasteiger partial charge in [-0.25, -0.2) is 0 Å². The van der Waals surface area contributed by atoms with Crippen LogP contribution in [0.5, 0.6) is 5.75 Å². The molecule has 0 saturated carbocycles. The smallest absolute Gasteiger partial charge is 0.180 e.